The summed E-state index contributed by atoms with van der Waals surface area (Å²) < 4.78 is 101. The molecule has 0 fully saturated rings. The number of H-pyrrole nitrogens is 1. The number of aliphatic hydroxyl groups is 1. The first-order valence-corrected chi connectivity index (χ1v) is 11.3. The molecule has 0 amide bonds. The SMILES string of the molecule is CCn1c(C(C)(C)O)nn(-c2nc(O[C@@H](C)C(F)(F)F)c(C(=O)Cc3c(C(F)(F)F)n[nH]c3C)cc2F)c1=O. The van der Waals surface area contributed by atoms with Crippen LogP contribution in [0.1, 0.15) is 60.8 Å². The molecule has 2 N–H and O–H groups in total. The van der Waals surface area contributed by atoms with Gasteiger partial charge in [0.1, 0.15) is 5.60 Å². The third-order valence-electron chi connectivity index (χ3n) is 5.58. The Labute approximate surface area is 215 Å². The average Bonchev–Trinajstić information content (AvgIpc) is 3.33. The van der Waals surface area contributed by atoms with Crippen molar-refractivity contribution in [1.82, 2.24) is 29.5 Å². The van der Waals surface area contributed by atoms with Crippen LogP contribution in [-0.4, -0.2) is 52.7 Å². The van der Waals surface area contributed by atoms with Crippen molar-refractivity contribution in [3.63, 3.8) is 0 Å². The summed E-state index contributed by atoms with van der Waals surface area (Å²) in [7, 11) is 0. The number of pyridine rings is 1. The lowest BCUT2D eigenvalue weighted by molar-refractivity contribution is -0.190. The van der Waals surface area contributed by atoms with Crippen molar-refractivity contribution in [3.05, 3.63) is 50.7 Å². The number of carbonyl (C=O) groups excluding carboxylic acids is 1. The van der Waals surface area contributed by atoms with E-state index in [1.165, 1.54) is 27.7 Å². The molecular formula is C22H23F7N6O4. The number of aryl methyl sites for hydroxylation is 1. The van der Waals surface area contributed by atoms with Gasteiger partial charge in [0.25, 0.3) is 0 Å². The number of aromatic nitrogens is 6. The zero-order chi connectivity index (χ0) is 29.7. The maximum Gasteiger partial charge on any atom is 0.435 e. The Balaban J connectivity index is 2.20. The molecule has 214 valence electrons. The second-order valence-electron chi connectivity index (χ2n) is 9.04. The van der Waals surface area contributed by atoms with Gasteiger partial charge in [-0.3, -0.25) is 14.5 Å². The Morgan fingerprint density at radius 3 is 2.31 bits per heavy atom. The van der Waals surface area contributed by atoms with E-state index < -0.39 is 76.3 Å². The normalized spacial score (nSPS) is 13.6. The van der Waals surface area contributed by atoms with Gasteiger partial charge in [0.15, 0.2) is 35.0 Å². The van der Waals surface area contributed by atoms with Gasteiger partial charge in [-0.15, -0.1) is 5.10 Å². The molecule has 0 saturated heterocycles. The fourth-order valence-electron chi connectivity index (χ4n) is 3.57. The van der Waals surface area contributed by atoms with Gasteiger partial charge in [-0.1, -0.05) is 0 Å². The van der Waals surface area contributed by atoms with Gasteiger partial charge in [-0.2, -0.15) is 41.1 Å². The molecule has 3 heterocycles. The summed E-state index contributed by atoms with van der Waals surface area (Å²) >= 11 is 0. The number of hydrogen-bond donors (Lipinski definition) is 2. The van der Waals surface area contributed by atoms with Crippen LogP contribution in [0.3, 0.4) is 0 Å². The minimum atomic E-state index is -4.98. The van der Waals surface area contributed by atoms with Crippen molar-refractivity contribution in [2.24, 2.45) is 0 Å². The maximum absolute atomic E-state index is 15.2. The molecule has 39 heavy (non-hydrogen) atoms. The smallest absolute Gasteiger partial charge is 0.435 e. The van der Waals surface area contributed by atoms with Gasteiger partial charge in [-0.05, 0) is 40.7 Å². The number of carbonyl (C=O) groups is 1. The number of ether oxygens (including phenoxy) is 1. The van der Waals surface area contributed by atoms with Crippen molar-refractivity contribution < 1.29 is 45.4 Å². The predicted octanol–water partition coefficient (Wildman–Crippen LogP) is 3.62. The number of nitrogens with one attached hydrogen (secondary N) is 1. The molecule has 0 unspecified atom stereocenters. The van der Waals surface area contributed by atoms with Crippen molar-refractivity contribution in [2.45, 2.75) is 71.6 Å². The summed E-state index contributed by atoms with van der Waals surface area (Å²) in [5, 5.41) is 19.4. The molecule has 0 aliphatic rings. The zero-order valence-corrected chi connectivity index (χ0v) is 21.1. The lowest BCUT2D eigenvalue weighted by Gasteiger charge is -2.19. The molecule has 10 nitrogen and oxygen atoms in total. The minimum Gasteiger partial charge on any atom is -0.464 e. The molecule has 17 heteroatoms. The Kier molecular flexibility index (Phi) is 7.71. The van der Waals surface area contributed by atoms with Crippen LogP contribution in [0.5, 0.6) is 5.88 Å². The molecule has 0 bridgehead atoms. The van der Waals surface area contributed by atoms with E-state index in [-0.39, 0.29) is 18.1 Å². The molecule has 0 aliphatic carbocycles. The van der Waals surface area contributed by atoms with E-state index in [1.54, 1.807) is 0 Å². The zero-order valence-electron chi connectivity index (χ0n) is 21.1. The van der Waals surface area contributed by atoms with Crippen LogP contribution in [0, 0.1) is 12.7 Å². The molecule has 3 aromatic rings. The highest BCUT2D eigenvalue weighted by molar-refractivity contribution is 5.99. The van der Waals surface area contributed by atoms with Crippen LogP contribution in [0.25, 0.3) is 5.82 Å². The highest BCUT2D eigenvalue weighted by Crippen LogP contribution is 2.34. The van der Waals surface area contributed by atoms with Gasteiger partial charge in [-0.25, -0.2) is 9.18 Å². The molecule has 0 spiro atoms. The summed E-state index contributed by atoms with van der Waals surface area (Å²) in [6.07, 6.45) is -13.6. The highest BCUT2D eigenvalue weighted by atomic mass is 19.4. The second-order valence-corrected chi connectivity index (χ2v) is 9.04. The molecule has 3 rings (SSSR count). The average molecular weight is 568 g/mol. The fourth-order valence-corrected chi connectivity index (χ4v) is 3.57. The van der Waals surface area contributed by atoms with Gasteiger partial charge >= 0.3 is 18.0 Å². The van der Waals surface area contributed by atoms with Crippen molar-refractivity contribution in [2.75, 3.05) is 0 Å². The summed E-state index contributed by atoms with van der Waals surface area (Å²) in [6, 6.07) is 0.396. The van der Waals surface area contributed by atoms with Crippen LogP contribution in [0.15, 0.2) is 10.9 Å². The maximum atomic E-state index is 15.2. The molecule has 1 atom stereocenters. The van der Waals surface area contributed by atoms with Gasteiger partial charge in [0.05, 0.1) is 5.56 Å². The standard InChI is InChI=1S/C22H23F7N6O4/c1-6-34-18(20(4,5)38)33-35(19(34)37)16-13(23)7-12(17(30-16)39-10(3)21(24,25)26)14(36)8-11-9(2)31-32-15(11)22(27,28)29/h7,10,38H,6,8H2,1-5H3,(H,31,32)/t10-/m0/s1. The quantitative estimate of drug-likeness (QED) is 0.314. The first-order valence-electron chi connectivity index (χ1n) is 11.3. The van der Waals surface area contributed by atoms with E-state index in [0.29, 0.717) is 17.7 Å². The molecule has 0 aromatic carbocycles. The fraction of sp³-hybridized carbons (Fsp3) is 0.500. The number of alkyl halides is 6. The van der Waals surface area contributed by atoms with Crippen LogP contribution < -0.4 is 10.4 Å². The van der Waals surface area contributed by atoms with Crippen molar-refractivity contribution >= 4 is 5.78 Å². The number of rotatable bonds is 8. The first kappa shape index (κ1) is 29.8. The Morgan fingerprint density at radius 1 is 1.21 bits per heavy atom. The van der Waals surface area contributed by atoms with Gasteiger partial charge < -0.3 is 9.84 Å². The van der Waals surface area contributed by atoms with Crippen LogP contribution in [-0.2, 0) is 24.7 Å². The van der Waals surface area contributed by atoms with Crippen molar-refractivity contribution in [3.8, 4) is 11.7 Å². The molecule has 0 aliphatic heterocycles. The van der Waals surface area contributed by atoms with Crippen LogP contribution in [0.2, 0.25) is 0 Å². The summed E-state index contributed by atoms with van der Waals surface area (Å²) in [4.78, 5) is 29.5. The highest BCUT2D eigenvalue weighted by Gasteiger charge is 2.41. The Hall–Kier alpha value is -3.76. The number of aromatic amines is 1. The number of hydrogen-bond acceptors (Lipinski definition) is 7. The third-order valence-corrected chi connectivity index (χ3v) is 5.58. The van der Waals surface area contributed by atoms with Crippen molar-refractivity contribution in [1.29, 1.82) is 0 Å². The topological polar surface area (TPSA) is 128 Å². The van der Waals surface area contributed by atoms with E-state index >= 15 is 4.39 Å². The number of halogens is 7. The number of nitrogens with zero attached hydrogens (tertiary/aromatic N) is 5. The van der Waals surface area contributed by atoms with E-state index in [2.05, 4.69) is 20.3 Å². The molecule has 3 aromatic heterocycles. The molecule has 0 saturated carbocycles. The van der Waals surface area contributed by atoms with Crippen LogP contribution in [0.4, 0.5) is 30.7 Å². The molecule has 0 radical (unpaired) electrons. The lowest BCUT2D eigenvalue weighted by atomic mass is 10.0. The first-order chi connectivity index (χ1) is 17.8. The third kappa shape index (κ3) is 5.97. The van der Waals surface area contributed by atoms with Gasteiger partial charge in [0.2, 0.25) is 5.88 Å². The summed E-state index contributed by atoms with van der Waals surface area (Å²) in [5.41, 5.74) is -5.82. The van der Waals surface area contributed by atoms with E-state index in [0.717, 1.165) is 4.57 Å². The second kappa shape index (κ2) is 10.1. The van der Waals surface area contributed by atoms with Gasteiger partial charge in [0, 0.05) is 24.2 Å². The Morgan fingerprint density at radius 2 is 1.82 bits per heavy atom. The number of ketones is 1. The summed E-state index contributed by atoms with van der Waals surface area (Å²) in [6.45, 7) is 5.79. The van der Waals surface area contributed by atoms with Crippen LogP contribution >= 0.6 is 0 Å². The van der Waals surface area contributed by atoms with E-state index in [4.69, 9.17) is 4.74 Å². The minimum absolute atomic E-state index is 0.0313. The Bertz CT molecular complexity index is 1450. The predicted molar refractivity (Wildman–Crippen MR) is 119 cm³/mol. The number of Topliss-reactive ketones (excluding diaryl/α,β-unsaturated/α-hetero) is 1. The van der Waals surface area contributed by atoms with E-state index in [1.807, 2.05) is 0 Å². The monoisotopic (exact) mass is 568 g/mol. The summed E-state index contributed by atoms with van der Waals surface area (Å²) in [5.74, 6) is -4.98. The lowest BCUT2D eigenvalue weighted by Crippen LogP contribution is -2.32. The molecular weight excluding hydrogens is 545 g/mol. The largest absolute Gasteiger partial charge is 0.464 e. The van der Waals surface area contributed by atoms with E-state index in [9.17, 15) is 41.0 Å².